The summed E-state index contributed by atoms with van der Waals surface area (Å²) in [6, 6.07) is 18.1. The number of rotatable bonds is 7. The number of halogens is 1. The van der Waals surface area contributed by atoms with Crippen LogP contribution in [0.25, 0.3) is 0 Å². The fourth-order valence-electron chi connectivity index (χ4n) is 2.60. The van der Waals surface area contributed by atoms with Gasteiger partial charge in [0.25, 0.3) is 5.91 Å². The summed E-state index contributed by atoms with van der Waals surface area (Å²) in [5.41, 5.74) is 3.77. The molecule has 0 aromatic heterocycles. The molecule has 0 saturated carbocycles. The van der Waals surface area contributed by atoms with Gasteiger partial charge in [0, 0.05) is 5.56 Å². The third-order valence-corrected chi connectivity index (χ3v) is 4.55. The maximum Gasteiger partial charge on any atom is 0.345 e. The molecule has 0 aliphatic rings. The van der Waals surface area contributed by atoms with Crippen LogP contribution in [0.15, 0.2) is 71.8 Å². The summed E-state index contributed by atoms with van der Waals surface area (Å²) in [5, 5.41) is 4.24. The van der Waals surface area contributed by atoms with Crippen molar-refractivity contribution in [2.75, 3.05) is 14.2 Å². The molecule has 0 bridgehead atoms. The molecule has 8 heteroatoms. The Kier molecular flexibility index (Phi) is 7.24. The zero-order chi connectivity index (χ0) is 22.2. The second kappa shape index (κ2) is 10.3. The second-order valence-electron chi connectivity index (χ2n) is 6.21. The monoisotopic (exact) mass is 438 g/mol. The van der Waals surface area contributed by atoms with E-state index in [1.54, 1.807) is 73.8 Å². The van der Waals surface area contributed by atoms with Crippen LogP contribution in [0.2, 0.25) is 5.02 Å². The van der Waals surface area contributed by atoms with Gasteiger partial charge in [-0.2, -0.15) is 5.10 Å². The average molecular weight is 439 g/mol. The first-order valence-corrected chi connectivity index (χ1v) is 9.52. The number of carbonyl (C=O) groups excluding carboxylic acids is 2. The third-order valence-electron chi connectivity index (χ3n) is 4.22. The van der Waals surface area contributed by atoms with Gasteiger partial charge in [-0.15, -0.1) is 0 Å². The van der Waals surface area contributed by atoms with Crippen LogP contribution >= 0.6 is 11.6 Å². The molecule has 7 nitrogen and oxygen atoms in total. The number of carbonyl (C=O) groups is 2. The largest absolute Gasteiger partial charge is 0.497 e. The lowest BCUT2D eigenvalue weighted by Gasteiger charge is -2.10. The van der Waals surface area contributed by atoms with Gasteiger partial charge in [-0.3, -0.25) is 4.79 Å². The molecule has 0 aliphatic carbocycles. The van der Waals surface area contributed by atoms with Crippen LogP contribution in [-0.2, 0) is 0 Å². The van der Waals surface area contributed by atoms with Crippen molar-refractivity contribution in [3.8, 4) is 17.2 Å². The van der Waals surface area contributed by atoms with Crippen LogP contribution in [-0.4, -0.2) is 32.3 Å². The lowest BCUT2D eigenvalue weighted by atomic mass is 10.2. The number of hydrogen-bond donors (Lipinski definition) is 1. The number of ether oxygens (including phenoxy) is 3. The quantitative estimate of drug-likeness (QED) is 0.256. The molecule has 0 saturated heterocycles. The summed E-state index contributed by atoms with van der Waals surface area (Å²) < 4.78 is 15.8. The summed E-state index contributed by atoms with van der Waals surface area (Å²) in [7, 11) is 3.01. The molecule has 0 unspecified atom stereocenters. The van der Waals surface area contributed by atoms with Gasteiger partial charge in [0.05, 0.1) is 31.0 Å². The molecule has 3 rings (SSSR count). The molecule has 1 amide bonds. The topological polar surface area (TPSA) is 86.2 Å². The summed E-state index contributed by atoms with van der Waals surface area (Å²) in [6.07, 6.45) is 1.45. The molecule has 0 heterocycles. The van der Waals surface area contributed by atoms with E-state index in [4.69, 9.17) is 25.8 Å². The minimum atomic E-state index is -0.600. The summed E-state index contributed by atoms with van der Waals surface area (Å²) in [5.74, 6) is 0.244. The predicted octanol–water partition coefficient (Wildman–Crippen LogP) is 4.34. The lowest BCUT2D eigenvalue weighted by molar-refractivity contribution is 0.0729. The highest BCUT2D eigenvalue weighted by Crippen LogP contribution is 2.29. The van der Waals surface area contributed by atoms with Gasteiger partial charge < -0.3 is 14.2 Å². The number of hydrazone groups is 1. The van der Waals surface area contributed by atoms with E-state index in [0.717, 1.165) is 0 Å². The van der Waals surface area contributed by atoms with E-state index in [2.05, 4.69) is 10.5 Å². The van der Waals surface area contributed by atoms with Gasteiger partial charge in [0.2, 0.25) is 0 Å². The number of amides is 1. The maximum atomic E-state index is 12.4. The van der Waals surface area contributed by atoms with Crippen LogP contribution in [0.1, 0.15) is 26.3 Å². The highest BCUT2D eigenvalue weighted by molar-refractivity contribution is 6.33. The molecule has 3 aromatic rings. The maximum absolute atomic E-state index is 12.4. The number of hydrogen-bond acceptors (Lipinski definition) is 6. The predicted molar refractivity (Wildman–Crippen MR) is 117 cm³/mol. The Morgan fingerprint density at radius 2 is 1.68 bits per heavy atom. The Balaban J connectivity index is 1.67. The van der Waals surface area contributed by atoms with Crippen molar-refractivity contribution in [1.82, 2.24) is 5.43 Å². The van der Waals surface area contributed by atoms with Crippen molar-refractivity contribution in [2.45, 2.75) is 0 Å². The fraction of sp³-hybridized carbons (Fsp3) is 0.0870. The van der Waals surface area contributed by atoms with Crippen molar-refractivity contribution < 1.29 is 23.8 Å². The van der Waals surface area contributed by atoms with Crippen LogP contribution in [0.3, 0.4) is 0 Å². The van der Waals surface area contributed by atoms with Gasteiger partial charge in [-0.1, -0.05) is 23.7 Å². The van der Waals surface area contributed by atoms with Crippen molar-refractivity contribution in [1.29, 1.82) is 0 Å². The Bertz CT molecular complexity index is 1110. The average Bonchev–Trinajstić information content (AvgIpc) is 2.80. The minimum absolute atomic E-state index is 0.229. The SMILES string of the molecule is COc1ccc(C(=O)N/N=C/c2ccc(OC(=O)c3ccccc3Cl)c(OC)c2)cc1. The molecular formula is C23H19ClN2O5. The zero-order valence-electron chi connectivity index (χ0n) is 16.8. The van der Waals surface area contributed by atoms with Crippen LogP contribution in [0.4, 0.5) is 0 Å². The van der Waals surface area contributed by atoms with Crippen LogP contribution in [0.5, 0.6) is 17.2 Å². The molecule has 158 valence electrons. The molecule has 0 spiro atoms. The molecule has 31 heavy (non-hydrogen) atoms. The van der Waals surface area contributed by atoms with E-state index < -0.39 is 5.97 Å². The van der Waals surface area contributed by atoms with E-state index >= 15 is 0 Å². The Morgan fingerprint density at radius 3 is 2.35 bits per heavy atom. The van der Waals surface area contributed by atoms with Gasteiger partial charge in [-0.25, -0.2) is 10.2 Å². The Morgan fingerprint density at radius 1 is 0.935 bits per heavy atom. The van der Waals surface area contributed by atoms with Crippen molar-refractivity contribution >= 4 is 29.7 Å². The highest BCUT2D eigenvalue weighted by Gasteiger charge is 2.15. The number of methoxy groups -OCH3 is 2. The van der Waals surface area contributed by atoms with Gasteiger partial charge >= 0.3 is 5.97 Å². The van der Waals surface area contributed by atoms with E-state index in [1.165, 1.54) is 13.3 Å². The molecule has 0 fully saturated rings. The first-order chi connectivity index (χ1) is 15.0. The smallest absolute Gasteiger partial charge is 0.345 e. The lowest BCUT2D eigenvalue weighted by Crippen LogP contribution is -2.17. The van der Waals surface area contributed by atoms with Gasteiger partial charge in [-0.05, 0) is 60.2 Å². The van der Waals surface area contributed by atoms with Crippen molar-refractivity contribution in [2.24, 2.45) is 5.10 Å². The summed E-state index contributed by atoms with van der Waals surface area (Å²) in [4.78, 5) is 24.5. The Labute approximate surface area is 184 Å². The van der Waals surface area contributed by atoms with Crippen LogP contribution < -0.4 is 19.6 Å². The number of nitrogens with zero attached hydrogens (tertiary/aromatic N) is 1. The van der Waals surface area contributed by atoms with Gasteiger partial charge in [0.15, 0.2) is 11.5 Å². The fourth-order valence-corrected chi connectivity index (χ4v) is 2.82. The normalized spacial score (nSPS) is 10.5. The summed E-state index contributed by atoms with van der Waals surface area (Å²) >= 11 is 6.04. The molecule has 0 aliphatic heterocycles. The van der Waals surface area contributed by atoms with E-state index in [0.29, 0.717) is 27.6 Å². The molecule has 1 N–H and O–H groups in total. The van der Waals surface area contributed by atoms with Crippen LogP contribution in [0, 0.1) is 0 Å². The Hall–Kier alpha value is -3.84. The molecule has 0 atom stereocenters. The number of nitrogens with one attached hydrogen (secondary N) is 1. The van der Waals surface area contributed by atoms with Gasteiger partial charge in [0.1, 0.15) is 5.75 Å². The van der Waals surface area contributed by atoms with Crippen molar-refractivity contribution in [3.05, 3.63) is 88.4 Å². The van der Waals surface area contributed by atoms with E-state index in [1.807, 2.05) is 0 Å². The van der Waals surface area contributed by atoms with Crippen molar-refractivity contribution in [3.63, 3.8) is 0 Å². The second-order valence-corrected chi connectivity index (χ2v) is 6.61. The minimum Gasteiger partial charge on any atom is -0.497 e. The first kappa shape index (κ1) is 21.9. The zero-order valence-corrected chi connectivity index (χ0v) is 17.6. The molecular weight excluding hydrogens is 420 g/mol. The first-order valence-electron chi connectivity index (χ1n) is 9.14. The standard InChI is InChI=1S/C23H19ClN2O5/c1-29-17-10-8-16(9-11-17)22(27)26-25-14-15-7-12-20(21(13-15)30-2)31-23(28)18-5-3-4-6-19(18)24/h3-14H,1-2H3,(H,26,27)/b25-14+. The summed E-state index contributed by atoms with van der Waals surface area (Å²) in [6.45, 7) is 0. The molecule has 0 radical (unpaired) electrons. The van der Waals surface area contributed by atoms with E-state index in [9.17, 15) is 9.59 Å². The van der Waals surface area contributed by atoms with E-state index in [-0.39, 0.29) is 17.2 Å². The number of benzene rings is 3. The number of esters is 1. The molecule has 3 aromatic carbocycles. The highest BCUT2D eigenvalue weighted by atomic mass is 35.5. The third kappa shape index (κ3) is 5.61.